The molecule has 0 bridgehead atoms. The molecule has 120 valence electrons. The number of hydrogen-bond acceptors (Lipinski definition) is 3. The average molecular weight is 321 g/mol. The zero-order chi connectivity index (χ0) is 15.1. The highest BCUT2D eigenvalue weighted by molar-refractivity contribution is 5.43. The Bertz CT molecular complexity index is 570. The molecule has 0 spiro atoms. The number of rotatable bonds is 7. The Labute approximate surface area is 139 Å². The number of halogens is 1. The minimum absolute atomic E-state index is 0. The highest BCUT2D eigenvalue weighted by atomic mass is 35.5. The number of aryl methyl sites for hydroxylation is 1. The second-order valence-electron chi connectivity index (χ2n) is 5.02. The van der Waals surface area contributed by atoms with E-state index in [1.807, 2.05) is 26.1 Å². The van der Waals surface area contributed by atoms with E-state index in [1.54, 1.807) is 0 Å². The van der Waals surface area contributed by atoms with Crippen LogP contribution in [0.1, 0.15) is 23.6 Å². The van der Waals surface area contributed by atoms with Crippen molar-refractivity contribution in [2.45, 2.75) is 27.0 Å². The van der Waals surface area contributed by atoms with E-state index in [4.69, 9.17) is 9.47 Å². The molecule has 2 aromatic rings. The van der Waals surface area contributed by atoms with Gasteiger partial charge in [-0.15, -0.1) is 0 Å². The molecule has 2 rings (SSSR count). The van der Waals surface area contributed by atoms with Gasteiger partial charge in [-0.05, 0) is 44.2 Å². The van der Waals surface area contributed by atoms with Gasteiger partial charge < -0.3 is 27.2 Å². The van der Waals surface area contributed by atoms with Crippen molar-refractivity contribution in [3.63, 3.8) is 0 Å². The van der Waals surface area contributed by atoms with Crippen molar-refractivity contribution in [1.82, 2.24) is 5.32 Å². The molecular formula is C18H23ClNO2-. The van der Waals surface area contributed by atoms with Gasteiger partial charge in [-0.3, -0.25) is 0 Å². The summed E-state index contributed by atoms with van der Waals surface area (Å²) >= 11 is 0. The summed E-state index contributed by atoms with van der Waals surface area (Å²) in [6.07, 6.45) is 0. The van der Waals surface area contributed by atoms with Crippen LogP contribution in [0.5, 0.6) is 11.5 Å². The van der Waals surface area contributed by atoms with Gasteiger partial charge in [0.25, 0.3) is 0 Å². The molecule has 0 saturated heterocycles. The topological polar surface area (TPSA) is 30.5 Å². The third-order valence-electron chi connectivity index (χ3n) is 3.20. The Morgan fingerprint density at radius 2 is 1.59 bits per heavy atom. The molecule has 0 aromatic heterocycles. The van der Waals surface area contributed by atoms with Crippen molar-refractivity contribution in [2.24, 2.45) is 0 Å². The van der Waals surface area contributed by atoms with Crippen LogP contribution in [0.4, 0.5) is 0 Å². The third kappa shape index (κ3) is 5.24. The van der Waals surface area contributed by atoms with Crippen LogP contribution < -0.4 is 27.2 Å². The highest BCUT2D eigenvalue weighted by Gasteiger charge is 2.06. The van der Waals surface area contributed by atoms with E-state index in [2.05, 4.69) is 42.6 Å². The lowest BCUT2D eigenvalue weighted by Gasteiger charge is -2.13. The standard InChI is InChI=1S/C18H23NO2.ClH/c1-4-20-18-11-16(12-19-3)9-10-17(18)21-13-15-7-5-14(2)6-8-15;/h5-11,19H,4,12-13H2,1-3H3;1H/p-1. The van der Waals surface area contributed by atoms with E-state index in [0.717, 1.165) is 23.6 Å². The lowest BCUT2D eigenvalue weighted by Crippen LogP contribution is -3.00. The van der Waals surface area contributed by atoms with Crippen molar-refractivity contribution in [1.29, 1.82) is 0 Å². The van der Waals surface area contributed by atoms with E-state index in [0.29, 0.717) is 13.2 Å². The van der Waals surface area contributed by atoms with Gasteiger partial charge in [0.1, 0.15) is 6.61 Å². The average Bonchev–Trinajstić information content (AvgIpc) is 2.49. The molecule has 22 heavy (non-hydrogen) atoms. The summed E-state index contributed by atoms with van der Waals surface area (Å²) in [6, 6.07) is 14.4. The van der Waals surface area contributed by atoms with Crippen LogP contribution in [0, 0.1) is 6.92 Å². The van der Waals surface area contributed by atoms with Gasteiger partial charge in [0.2, 0.25) is 0 Å². The van der Waals surface area contributed by atoms with Gasteiger partial charge in [-0.1, -0.05) is 35.9 Å². The number of hydrogen-bond donors (Lipinski definition) is 1. The molecule has 0 atom stereocenters. The summed E-state index contributed by atoms with van der Waals surface area (Å²) in [5, 5.41) is 3.14. The first-order valence-electron chi connectivity index (χ1n) is 7.31. The van der Waals surface area contributed by atoms with Crippen molar-refractivity contribution in [3.8, 4) is 11.5 Å². The molecule has 1 N–H and O–H groups in total. The predicted octanol–water partition coefficient (Wildman–Crippen LogP) is 0.696. The molecule has 0 heterocycles. The number of nitrogens with one attached hydrogen (secondary N) is 1. The van der Waals surface area contributed by atoms with Crippen LogP contribution in [0.25, 0.3) is 0 Å². The summed E-state index contributed by atoms with van der Waals surface area (Å²) < 4.78 is 11.6. The highest BCUT2D eigenvalue weighted by Crippen LogP contribution is 2.29. The largest absolute Gasteiger partial charge is 1.00 e. The van der Waals surface area contributed by atoms with Crippen molar-refractivity contribution >= 4 is 0 Å². The second-order valence-corrected chi connectivity index (χ2v) is 5.02. The van der Waals surface area contributed by atoms with Crippen LogP contribution >= 0.6 is 0 Å². The molecule has 0 fully saturated rings. The Morgan fingerprint density at radius 1 is 0.909 bits per heavy atom. The second kappa shape index (κ2) is 9.34. The molecule has 0 radical (unpaired) electrons. The molecule has 0 amide bonds. The van der Waals surface area contributed by atoms with Gasteiger partial charge >= 0.3 is 0 Å². The molecule has 3 nitrogen and oxygen atoms in total. The third-order valence-corrected chi connectivity index (χ3v) is 3.20. The smallest absolute Gasteiger partial charge is 0.161 e. The first-order valence-corrected chi connectivity index (χ1v) is 7.31. The van der Waals surface area contributed by atoms with E-state index in [-0.39, 0.29) is 12.4 Å². The Kier molecular flexibility index (Phi) is 7.78. The van der Waals surface area contributed by atoms with Crippen LogP contribution in [0.3, 0.4) is 0 Å². The normalized spacial score (nSPS) is 9.95. The minimum atomic E-state index is 0. The fourth-order valence-corrected chi connectivity index (χ4v) is 2.10. The van der Waals surface area contributed by atoms with Crippen molar-refractivity contribution in [2.75, 3.05) is 13.7 Å². The molecule has 4 heteroatoms. The first kappa shape index (κ1) is 18.3. The molecule has 0 aliphatic rings. The fourth-order valence-electron chi connectivity index (χ4n) is 2.10. The first-order chi connectivity index (χ1) is 10.2. The van der Waals surface area contributed by atoms with Crippen LogP contribution in [0.2, 0.25) is 0 Å². The Morgan fingerprint density at radius 3 is 2.23 bits per heavy atom. The van der Waals surface area contributed by atoms with Crippen molar-refractivity contribution < 1.29 is 21.9 Å². The van der Waals surface area contributed by atoms with Crippen LogP contribution in [-0.2, 0) is 13.2 Å². The van der Waals surface area contributed by atoms with Crippen LogP contribution in [0.15, 0.2) is 42.5 Å². The van der Waals surface area contributed by atoms with Gasteiger partial charge in [0, 0.05) is 6.54 Å². The Hall–Kier alpha value is -1.71. The summed E-state index contributed by atoms with van der Waals surface area (Å²) in [5.41, 5.74) is 3.59. The van der Waals surface area contributed by atoms with E-state index < -0.39 is 0 Å². The molecule has 0 saturated carbocycles. The monoisotopic (exact) mass is 320 g/mol. The summed E-state index contributed by atoms with van der Waals surface area (Å²) in [7, 11) is 1.93. The van der Waals surface area contributed by atoms with Gasteiger partial charge in [-0.25, -0.2) is 0 Å². The maximum absolute atomic E-state index is 5.90. The molecule has 2 aromatic carbocycles. The maximum Gasteiger partial charge on any atom is 0.161 e. The maximum atomic E-state index is 5.90. The Balaban J connectivity index is 0.00000242. The van der Waals surface area contributed by atoms with Gasteiger partial charge in [0.05, 0.1) is 6.61 Å². The van der Waals surface area contributed by atoms with Gasteiger partial charge in [0.15, 0.2) is 11.5 Å². The quantitative estimate of drug-likeness (QED) is 0.814. The fraction of sp³-hybridized carbons (Fsp3) is 0.333. The van der Waals surface area contributed by atoms with E-state index in [1.165, 1.54) is 11.1 Å². The lowest BCUT2D eigenvalue weighted by atomic mass is 10.1. The number of ether oxygens (including phenoxy) is 2. The molecule has 0 unspecified atom stereocenters. The zero-order valence-electron chi connectivity index (χ0n) is 13.4. The SMILES string of the molecule is CCOc1cc(CNC)ccc1OCc1ccc(C)cc1.[Cl-]. The summed E-state index contributed by atoms with van der Waals surface area (Å²) in [4.78, 5) is 0. The number of benzene rings is 2. The minimum Gasteiger partial charge on any atom is -1.00 e. The molecular weight excluding hydrogens is 298 g/mol. The van der Waals surface area contributed by atoms with Crippen LogP contribution in [-0.4, -0.2) is 13.7 Å². The summed E-state index contributed by atoms with van der Waals surface area (Å²) in [5.74, 6) is 1.59. The van der Waals surface area contributed by atoms with E-state index >= 15 is 0 Å². The van der Waals surface area contributed by atoms with E-state index in [9.17, 15) is 0 Å². The molecule has 0 aliphatic carbocycles. The van der Waals surface area contributed by atoms with Gasteiger partial charge in [-0.2, -0.15) is 0 Å². The lowest BCUT2D eigenvalue weighted by molar-refractivity contribution is -0.00000523. The zero-order valence-corrected chi connectivity index (χ0v) is 14.1. The summed E-state index contributed by atoms with van der Waals surface area (Å²) in [6.45, 7) is 6.06. The van der Waals surface area contributed by atoms with Crippen molar-refractivity contribution in [3.05, 3.63) is 59.2 Å². The molecule has 0 aliphatic heterocycles. The predicted molar refractivity (Wildman–Crippen MR) is 85.9 cm³/mol.